The van der Waals surface area contributed by atoms with Crippen LogP contribution in [0, 0.1) is 0 Å². The highest BCUT2D eigenvalue weighted by atomic mass is 32.2. The summed E-state index contributed by atoms with van der Waals surface area (Å²) in [5.41, 5.74) is 0.662. The maximum atomic E-state index is 12.2. The highest BCUT2D eigenvalue weighted by Crippen LogP contribution is 2.29. The van der Waals surface area contributed by atoms with Crippen molar-refractivity contribution < 1.29 is 22.7 Å². The minimum Gasteiger partial charge on any atom is -0.497 e. The van der Waals surface area contributed by atoms with Gasteiger partial charge in [-0.1, -0.05) is 0 Å². The van der Waals surface area contributed by atoms with Gasteiger partial charge in [0.05, 0.1) is 31.4 Å². The standard InChI is InChI=1S/C15H22N2O5S/c1-10(15(18)17-11-6-7-23(19,20)9-11)16-13-5-4-12(21-2)8-14(13)22-3/h4-5,8,10-11,16H,6-7,9H2,1-3H3,(H,17,18)/t10-,11-/m0/s1. The number of hydrogen-bond donors (Lipinski definition) is 2. The molecule has 7 nitrogen and oxygen atoms in total. The number of rotatable bonds is 6. The average Bonchev–Trinajstić information content (AvgIpc) is 2.86. The van der Waals surface area contributed by atoms with Crippen molar-refractivity contribution in [3.63, 3.8) is 0 Å². The maximum absolute atomic E-state index is 12.2. The summed E-state index contributed by atoms with van der Waals surface area (Å²) in [6.45, 7) is 1.71. The zero-order valence-corrected chi connectivity index (χ0v) is 14.3. The van der Waals surface area contributed by atoms with Gasteiger partial charge in [0.15, 0.2) is 9.84 Å². The molecule has 0 aliphatic carbocycles. The van der Waals surface area contributed by atoms with E-state index in [1.807, 2.05) is 0 Å². The molecule has 1 aromatic carbocycles. The van der Waals surface area contributed by atoms with Crippen LogP contribution in [0.2, 0.25) is 0 Å². The van der Waals surface area contributed by atoms with Crippen LogP contribution in [0.25, 0.3) is 0 Å². The van der Waals surface area contributed by atoms with E-state index < -0.39 is 15.9 Å². The van der Waals surface area contributed by atoms with Gasteiger partial charge in [0, 0.05) is 12.1 Å². The molecule has 1 aliphatic rings. The number of ether oxygens (including phenoxy) is 2. The Balaban J connectivity index is 1.98. The van der Waals surface area contributed by atoms with Crippen molar-refractivity contribution in [3.05, 3.63) is 18.2 Å². The molecule has 128 valence electrons. The fourth-order valence-corrected chi connectivity index (χ4v) is 4.12. The smallest absolute Gasteiger partial charge is 0.242 e. The molecule has 0 aromatic heterocycles. The molecule has 1 aliphatic heterocycles. The van der Waals surface area contributed by atoms with E-state index in [0.717, 1.165) is 0 Å². The summed E-state index contributed by atoms with van der Waals surface area (Å²) in [5, 5.41) is 5.83. The Labute approximate surface area is 136 Å². The van der Waals surface area contributed by atoms with E-state index in [-0.39, 0.29) is 23.5 Å². The van der Waals surface area contributed by atoms with Gasteiger partial charge in [-0.25, -0.2) is 8.42 Å². The fraction of sp³-hybridized carbons (Fsp3) is 0.533. The average molecular weight is 342 g/mol. The normalized spacial score (nSPS) is 20.6. The monoisotopic (exact) mass is 342 g/mol. The Morgan fingerprint density at radius 2 is 2.04 bits per heavy atom. The van der Waals surface area contributed by atoms with Crippen molar-refractivity contribution in [2.75, 3.05) is 31.0 Å². The maximum Gasteiger partial charge on any atom is 0.242 e. The molecule has 1 saturated heterocycles. The lowest BCUT2D eigenvalue weighted by Crippen LogP contribution is -2.43. The van der Waals surface area contributed by atoms with Crippen LogP contribution in [0.3, 0.4) is 0 Å². The van der Waals surface area contributed by atoms with E-state index in [1.54, 1.807) is 32.2 Å². The molecule has 1 amide bonds. The zero-order valence-electron chi connectivity index (χ0n) is 13.5. The van der Waals surface area contributed by atoms with Crippen LogP contribution >= 0.6 is 0 Å². The van der Waals surface area contributed by atoms with E-state index in [1.165, 1.54) is 7.11 Å². The van der Waals surface area contributed by atoms with Crippen LogP contribution in [0.4, 0.5) is 5.69 Å². The minimum atomic E-state index is -3.01. The summed E-state index contributed by atoms with van der Waals surface area (Å²) in [6.07, 6.45) is 0.465. The second kappa shape index (κ2) is 7.08. The first-order chi connectivity index (χ1) is 10.8. The number of hydrogen-bond acceptors (Lipinski definition) is 6. The summed E-state index contributed by atoms with van der Waals surface area (Å²) in [7, 11) is 0.0858. The van der Waals surface area contributed by atoms with Crippen molar-refractivity contribution in [2.45, 2.75) is 25.4 Å². The van der Waals surface area contributed by atoms with Gasteiger partial charge in [-0.05, 0) is 25.5 Å². The molecule has 8 heteroatoms. The number of anilines is 1. The topological polar surface area (TPSA) is 93.7 Å². The Bertz CT molecular complexity index is 674. The van der Waals surface area contributed by atoms with Crippen LogP contribution in [0.1, 0.15) is 13.3 Å². The molecule has 0 radical (unpaired) electrons. The molecule has 1 heterocycles. The highest BCUT2D eigenvalue weighted by molar-refractivity contribution is 7.91. The first-order valence-electron chi connectivity index (χ1n) is 7.34. The fourth-order valence-electron chi connectivity index (χ4n) is 2.45. The Hall–Kier alpha value is -1.96. The quantitative estimate of drug-likeness (QED) is 0.794. The number of carbonyl (C=O) groups excluding carboxylic acids is 1. The van der Waals surface area contributed by atoms with Crippen molar-refractivity contribution in [3.8, 4) is 11.5 Å². The lowest BCUT2D eigenvalue weighted by Gasteiger charge is -2.19. The lowest BCUT2D eigenvalue weighted by molar-refractivity contribution is -0.122. The van der Waals surface area contributed by atoms with E-state index >= 15 is 0 Å². The first-order valence-corrected chi connectivity index (χ1v) is 9.16. The second-order valence-electron chi connectivity index (χ2n) is 5.54. The molecule has 2 atom stereocenters. The van der Waals surface area contributed by atoms with Crippen LogP contribution in [0.5, 0.6) is 11.5 Å². The molecule has 0 unspecified atom stereocenters. The molecule has 1 aromatic rings. The van der Waals surface area contributed by atoms with Crippen molar-refractivity contribution in [2.24, 2.45) is 0 Å². The summed E-state index contributed by atoms with van der Waals surface area (Å²) < 4.78 is 33.3. The first kappa shape index (κ1) is 17.4. The summed E-state index contributed by atoms with van der Waals surface area (Å²) in [6, 6.07) is 4.41. The molecule has 1 fully saturated rings. The third kappa shape index (κ3) is 4.51. The van der Waals surface area contributed by atoms with Gasteiger partial charge in [-0.3, -0.25) is 4.79 Å². The predicted molar refractivity (Wildman–Crippen MR) is 87.8 cm³/mol. The molecule has 2 rings (SSSR count). The van der Waals surface area contributed by atoms with E-state index in [0.29, 0.717) is 23.6 Å². The van der Waals surface area contributed by atoms with Crippen LogP contribution in [-0.4, -0.2) is 52.1 Å². The van der Waals surface area contributed by atoms with Gasteiger partial charge in [-0.2, -0.15) is 0 Å². The summed E-state index contributed by atoms with van der Waals surface area (Å²) in [5.74, 6) is 1.11. The number of sulfone groups is 1. The Kier molecular flexibility index (Phi) is 5.35. The largest absolute Gasteiger partial charge is 0.497 e. The third-order valence-corrected chi connectivity index (χ3v) is 5.52. The minimum absolute atomic E-state index is 0.0112. The molecule has 0 spiro atoms. The number of benzene rings is 1. The van der Waals surface area contributed by atoms with Gasteiger partial charge in [-0.15, -0.1) is 0 Å². The number of amides is 1. The Morgan fingerprint density at radius 1 is 1.30 bits per heavy atom. The van der Waals surface area contributed by atoms with Crippen LogP contribution in [-0.2, 0) is 14.6 Å². The van der Waals surface area contributed by atoms with Gasteiger partial charge in [0.25, 0.3) is 0 Å². The van der Waals surface area contributed by atoms with Gasteiger partial charge in [0.2, 0.25) is 5.91 Å². The SMILES string of the molecule is COc1ccc(N[C@@H](C)C(=O)N[C@H]2CCS(=O)(=O)C2)c(OC)c1. The Morgan fingerprint density at radius 3 is 2.61 bits per heavy atom. The molecular formula is C15H22N2O5S. The van der Waals surface area contributed by atoms with Crippen LogP contribution in [0.15, 0.2) is 18.2 Å². The lowest BCUT2D eigenvalue weighted by atomic mass is 10.2. The van der Waals surface area contributed by atoms with Crippen molar-refractivity contribution in [1.82, 2.24) is 5.32 Å². The van der Waals surface area contributed by atoms with Gasteiger partial charge >= 0.3 is 0 Å². The van der Waals surface area contributed by atoms with E-state index in [4.69, 9.17) is 9.47 Å². The van der Waals surface area contributed by atoms with Crippen molar-refractivity contribution in [1.29, 1.82) is 0 Å². The molecular weight excluding hydrogens is 320 g/mol. The zero-order chi connectivity index (χ0) is 17.0. The van der Waals surface area contributed by atoms with Crippen LogP contribution < -0.4 is 20.1 Å². The number of carbonyl (C=O) groups is 1. The highest BCUT2D eigenvalue weighted by Gasteiger charge is 2.30. The molecule has 23 heavy (non-hydrogen) atoms. The van der Waals surface area contributed by atoms with Gasteiger partial charge < -0.3 is 20.1 Å². The third-order valence-electron chi connectivity index (χ3n) is 3.75. The molecule has 2 N–H and O–H groups in total. The molecule has 0 saturated carbocycles. The van der Waals surface area contributed by atoms with Crippen molar-refractivity contribution >= 4 is 21.4 Å². The predicted octanol–water partition coefficient (Wildman–Crippen LogP) is 0.808. The number of methoxy groups -OCH3 is 2. The molecule has 0 bridgehead atoms. The van der Waals surface area contributed by atoms with Gasteiger partial charge in [0.1, 0.15) is 17.5 Å². The summed E-state index contributed by atoms with van der Waals surface area (Å²) in [4.78, 5) is 12.2. The summed E-state index contributed by atoms with van der Waals surface area (Å²) >= 11 is 0. The number of nitrogens with one attached hydrogen (secondary N) is 2. The second-order valence-corrected chi connectivity index (χ2v) is 7.77. The van der Waals surface area contributed by atoms with E-state index in [9.17, 15) is 13.2 Å². The van der Waals surface area contributed by atoms with E-state index in [2.05, 4.69) is 10.6 Å².